The molecule has 11 heteroatoms. The van der Waals surface area contributed by atoms with Crippen LogP contribution in [0.4, 0.5) is 26.2 Å². The Balaban J connectivity index is 1.51. The van der Waals surface area contributed by atoms with Gasteiger partial charge in [0.1, 0.15) is 11.6 Å². The summed E-state index contributed by atoms with van der Waals surface area (Å²) in [5.74, 6) is -0.684. The van der Waals surface area contributed by atoms with Gasteiger partial charge in [0.15, 0.2) is 17.5 Å². The summed E-state index contributed by atoms with van der Waals surface area (Å²) in [6, 6.07) is 6.23. The van der Waals surface area contributed by atoms with Gasteiger partial charge in [-0.15, -0.1) is 0 Å². The summed E-state index contributed by atoms with van der Waals surface area (Å²) in [7, 11) is 2.06. The van der Waals surface area contributed by atoms with Crippen LogP contribution in [0.2, 0.25) is 0 Å². The normalized spacial score (nSPS) is 14.8. The number of piperazine rings is 1. The number of benzene rings is 1. The third-order valence-electron chi connectivity index (χ3n) is 5.82. The summed E-state index contributed by atoms with van der Waals surface area (Å²) >= 11 is 0. The molecule has 1 aliphatic rings. The minimum absolute atomic E-state index is 0.169. The van der Waals surface area contributed by atoms with Gasteiger partial charge in [0.25, 0.3) is 0 Å². The van der Waals surface area contributed by atoms with Crippen molar-refractivity contribution in [3.05, 3.63) is 53.4 Å². The lowest BCUT2D eigenvalue weighted by Crippen LogP contribution is -2.44. The fraction of sp³-hybridized carbons (Fsp3) is 0.292. The molecule has 0 bridgehead atoms. The van der Waals surface area contributed by atoms with E-state index in [0.717, 1.165) is 31.9 Å². The number of aromatic nitrogens is 5. The van der Waals surface area contributed by atoms with Gasteiger partial charge in [-0.25, -0.2) is 8.78 Å². The third-order valence-corrected chi connectivity index (χ3v) is 5.82. The Kier molecular flexibility index (Phi) is 6.08. The van der Waals surface area contributed by atoms with Crippen LogP contribution in [-0.4, -0.2) is 63.3 Å². The number of anilines is 3. The molecule has 0 saturated carbocycles. The van der Waals surface area contributed by atoms with Gasteiger partial charge in [-0.1, -0.05) is 6.08 Å². The van der Waals surface area contributed by atoms with Gasteiger partial charge in [0.2, 0.25) is 5.75 Å². The number of aromatic amines is 2. The highest BCUT2D eigenvalue weighted by Gasteiger charge is 2.22. The standard InChI is InChI=1S/C24H26F2N8O/c1-4-5-15-11-20(32-31-15)28-19-13-21(34-8-6-33(3)7-9-34)30-24(29-19)35-23-17(25)12-18-16(22(23)26)10-14(2)27-18/h4-5,10-13,27H,6-9H2,1-3H3,(H2,28,29,30,31,32)/b5-4-. The predicted molar refractivity (Wildman–Crippen MR) is 131 cm³/mol. The van der Waals surface area contributed by atoms with Crippen LogP contribution in [0.15, 0.2) is 30.3 Å². The first-order valence-corrected chi connectivity index (χ1v) is 11.3. The van der Waals surface area contributed by atoms with Crippen molar-refractivity contribution in [2.24, 2.45) is 0 Å². The lowest BCUT2D eigenvalue weighted by molar-refractivity contribution is 0.311. The van der Waals surface area contributed by atoms with Gasteiger partial charge < -0.3 is 24.8 Å². The highest BCUT2D eigenvalue weighted by atomic mass is 19.1. The Hall–Kier alpha value is -3.99. The molecule has 1 aliphatic heterocycles. The van der Waals surface area contributed by atoms with E-state index in [1.807, 2.05) is 25.1 Å². The summed E-state index contributed by atoms with van der Waals surface area (Å²) in [4.78, 5) is 16.1. The van der Waals surface area contributed by atoms with Crippen LogP contribution < -0.4 is 15.0 Å². The van der Waals surface area contributed by atoms with Crippen LogP contribution in [0, 0.1) is 18.6 Å². The van der Waals surface area contributed by atoms with Crippen LogP contribution >= 0.6 is 0 Å². The molecule has 1 aromatic carbocycles. The Bertz CT molecular complexity index is 1390. The fourth-order valence-electron chi connectivity index (χ4n) is 4.03. The molecule has 35 heavy (non-hydrogen) atoms. The summed E-state index contributed by atoms with van der Waals surface area (Å²) < 4.78 is 35.6. The van der Waals surface area contributed by atoms with E-state index in [2.05, 4.69) is 47.3 Å². The Morgan fingerprint density at radius 1 is 1.06 bits per heavy atom. The largest absolute Gasteiger partial charge is 0.418 e. The molecular weight excluding hydrogens is 454 g/mol. The Labute approximate surface area is 200 Å². The van der Waals surface area contributed by atoms with E-state index in [-0.39, 0.29) is 11.4 Å². The zero-order chi connectivity index (χ0) is 24.5. The van der Waals surface area contributed by atoms with Gasteiger partial charge in [-0.3, -0.25) is 5.10 Å². The molecule has 0 spiro atoms. The van der Waals surface area contributed by atoms with Crippen LogP contribution in [0.25, 0.3) is 17.0 Å². The van der Waals surface area contributed by atoms with Crippen LogP contribution in [0.1, 0.15) is 18.3 Å². The maximum atomic E-state index is 15.2. The van der Waals surface area contributed by atoms with Crippen molar-refractivity contribution in [2.75, 3.05) is 43.4 Å². The molecule has 4 heterocycles. The number of H-pyrrole nitrogens is 2. The molecule has 9 nitrogen and oxygen atoms in total. The minimum Gasteiger partial charge on any atom is -0.418 e. The van der Waals surface area contributed by atoms with E-state index in [4.69, 9.17) is 4.74 Å². The molecule has 5 rings (SSSR count). The van der Waals surface area contributed by atoms with Crippen molar-refractivity contribution in [1.29, 1.82) is 0 Å². The van der Waals surface area contributed by atoms with E-state index >= 15 is 4.39 Å². The van der Waals surface area contributed by atoms with Crippen LogP contribution in [0.3, 0.4) is 0 Å². The first-order chi connectivity index (χ1) is 16.9. The van der Waals surface area contributed by atoms with E-state index in [1.54, 1.807) is 19.1 Å². The highest BCUT2D eigenvalue weighted by molar-refractivity contribution is 5.83. The van der Waals surface area contributed by atoms with Crippen molar-refractivity contribution < 1.29 is 13.5 Å². The van der Waals surface area contributed by atoms with Gasteiger partial charge in [-0.05, 0) is 33.0 Å². The predicted octanol–water partition coefficient (Wildman–Crippen LogP) is 4.59. The first-order valence-electron chi connectivity index (χ1n) is 11.3. The number of ether oxygens (including phenoxy) is 1. The van der Waals surface area contributed by atoms with E-state index < -0.39 is 17.4 Å². The average Bonchev–Trinajstić information content (AvgIpc) is 3.42. The maximum Gasteiger partial charge on any atom is 0.326 e. The van der Waals surface area contributed by atoms with Crippen molar-refractivity contribution in [1.82, 2.24) is 30.0 Å². The first kappa shape index (κ1) is 22.8. The molecule has 3 aromatic heterocycles. The number of likely N-dealkylation sites (N-methyl/N-ethyl adjacent to an activating group) is 1. The lowest BCUT2D eigenvalue weighted by Gasteiger charge is -2.33. The maximum absolute atomic E-state index is 15.2. The highest BCUT2D eigenvalue weighted by Crippen LogP contribution is 2.34. The summed E-state index contributed by atoms with van der Waals surface area (Å²) in [5, 5.41) is 10.5. The zero-order valence-electron chi connectivity index (χ0n) is 19.7. The number of halogens is 2. The van der Waals surface area contributed by atoms with E-state index in [0.29, 0.717) is 28.7 Å². The van der Waals surface area contributed by atoms with Gasteiger partial charge >= 0.3 is 6.01 Å². The van der Waals surface area contributed by atoms with E-state index in [1.165, 1.54) is 6.07 Å². The zero-order valence-corrected chi connectivity index (χ0v) is 19.7. The number of allylic oxidation sites excluding steroid dienone is 1. The summed E-state index contributed by atoms with van der Waals surface area (Å²) in [5.41, 5.74) is 1.89. The van der Waals surface area contributed by atoms with Gasteiger partial charge in [0, 0.05) is 55.5 Å². The Morgan fingerprint density at radius 2 is 1.86 bits per heavy atom. The average molecular weight is 481 g/mol. The third kappa shape index (κ3) is 4.80. The molecule has 0 atom stereocenters. The van der Waals surface area contributed by atoms with Gasteiger partial charge in [-0.2, -0.15) is 15.1 Å². The molecule has 0 unspecified atom stereocenters. The number of aryl methyl sites for hydroxylation is 1. The minimum atomic E-state index is -0.844. The van der Waals surface area contributed by atoms with Crippen molar-refractivity contribution in [3.63, 3.8) is 0 Å². The molecule has 1 fully saturated rings. The molecule has 182 valence electrons. The SMILES string of the molecule is C/C=C\c1cc(Nc2cc(N3CCN(C)CC3)nc(Oc3c(F)cc4[nH]c(C)cc4c3F)n2)n[nH]1. The second-order valence-corrected chi connectivity index (χ2v) is 8.53. The topological polar surface area (TPSA) is 98.0 Å². The van der Waals surface area contributed by atoms with Crippen molar-refractivity contribution in [2.45, 2.75) is 13.8 Å². The summed E-state index contributed by atoms with van der Waals surface area (Å²) in [6.07, 6.45) is 3.78. The number of nitrogens with one attached hydrogen (secondary N) is 3. The van der Waals surface area contributed by atoms with Crippen LogP contribution in [0.5, 0.6) is 11.8 Å². The fourth-order valence-corrected chi connectivity index (χ4v) is 4.03. The molecule has 0 aliphatic carbocycles. The number of nitrogens with zero attached hydrogens (tertiary/aromatic N) is 5. The number of fused-ring (bicyclic) bond motifs is 1. The molecule has 0 amide bonds. The van der Waals surface area contributed by atoms with Gasteiger partial charge in [0.05, 0.1) is 11.2 Å². The van der Waals surface area contributed by atoms with Crippen molar-refractivity contribution >= 4 is 34.4 Å². The molecule has 3 N–H and O–H groups in total. The van der Waals surface area contributed by atoms with E-state index in [9.17, 15) is 4.39 Å². The summed E-state index contributed by atoms with van der Waals surface area (Å²) in [6.45, 7) is 6.91. The van der Waals surface area contributed by atoms with Crippen LogP contribution in [-0.2, 0) is 0 Å². The Morgan fingerprint density at radius 3 is 2.63 bits per heavy atom. The molecule has 0 radical (unpaired) electrons. The van der Waals surface area contributed by atoms with Crippen molar-refractivity contribution in [3.8, 4) is 11.8 Å². The monoisotopic (exact) mass is 480 g/mol. The number of hydrogen-bond acceptors (Lipinski definition) is 7. The second kappa shape index (κ2) is 9.34. The smallest absolute Gasteiger partial charge is 0.326 e. The lowest BCUT2D eigenvalue weighted by atomic mass is 10.2. The second-order valence-electron chi connectivity index (χ2n) is 8.53. The molecule has 1 saturated heterocycles. The molecular formula is C24H26F2N8O. The molecule has 4 aromatic rings. The number of rotatable bonds is 6. The quantitative estimate of drug-likeness (QED) is 0.371. The number of hydrogen-bond donors (Lipinski definition) is 3.